The Kier molecular flexibility index (Phi) is 4.66. The molecule has 0 unspecified atom stereocenters. The summed E-state index contributed by atoms with van der Waals surface area (Å²) < 4.78 is 6.53. The summed E-state index contributed by atoms with van der Waals surface area (Å²) >= 11 is 15.4. The van der Waals surface area contributed by atoms with Gasteiger partial charge in [0.05, 0.1) is 5.02 Å². The Labute approximate surface area is 130 Å². The molecule has 0 amide bonds. The Hall–Kier alpha value is -0.840. The van der Waals surface area contributed by atoms with Crippen molar-refractivity contribution in [1.82, 2.24) is 9.97 Å². The molecule has 2 rings (SSSR count). The molecule has 0 fully saturated rings. The van der Waals surface area contributed by atoms with Crippen molar-refractivity contribution in [3.63, 3.8) is 0 Å². The molecule has 0 spiro atoms. The molecule has 19 heavy (non-hydrogen) atoms. The van der Waals surface area contributed by atoms with E-state index in [0.717, 1.165) is 4.47 Å². The van der Waals surface area contributed by atoms with Gasteiger partial charge in [0, 0.05) is 16.5 Å². The van der Waals surface area contributed by atoms with E-state index >= 15 is 0 Å². The van der Waals surface area contributed by atoms with E-state index in [0.29, 0.717) is 27.6 Å². The van der Waals surface area contributed by atoms with Gasteiger partial charge in [-0.2, -0.15) is 4.98 Å². The second-order valence-corrected chi connectivity index (χ2v) is 5.93. The van der Waals surface area contributed by atoms with Gasteiger partial charge in [0.15, 0.2) is 0 Å². The first-order chi connectivity index (χ1) is 8.95. The molecule has 6 heteroatoms. The van der Waals surface area contributed by atoms with Gasteiger partial charge >= 0.3 is 0 Å². The first kappa shape index (κ1) is 14.6. The number of ether oxygens (including phenoxy) is 1. The van der Waals surface area contributed by atoms with Crippen LogP contribution in [0.1, 0.15) is 25.6 Å². The fourth-order valence-electron chi connectivity index (χ4n) is 1.39. The van der Waals surface area contributed by atoms with Crippen LogP contribution in [0.2, 0.25) is 10.2 Å². The van der Waals surface area contributed by atoms with Gasteiger partial charge in [-0.3, -0.25) is 0 Å². The number of halogens is 3. The molecule has 1 aromatic carbocycles. The molecule has 0 aliphatic heterocycles. The maximum Gasteiger partial charge on any atom is 0.224 e. The minimum absolute atomic E-state index is 0.168. The van der Waals surface area contributed by atoms with Crippen LogP contribution in [0.25, 0.3) is 0 Å². The Morgan fingerprint density at radius 1 is 1.16 bits per heavy atom. The smallest absolute Gasteiger partial charge is 0.224 e. The molecule has 0 radical (unpaired) electrons. The van der Waals surface area contributed by atoms with Gasteiger partial charge in [0.25, 0.3) is 0 Å². The summed E-state index contributed by atoms with van der Waals surface area (Å²) in [7, 11) is 0. The maximum absolute atomic E-state index is 6.09. The monoisotopic (exact) mass is 360 g/mol. The number of benzene rings is 1. The molecule has 0 atom stereocenters. The van der Waals surface area contributed by atoms with Gasteiger partial charge in [-0.25, -0.2) is 4.98 Å². The van der Waals surface area contributed by atoms with Crippen LogP contribution in [0.15, 0.2) is 28.7 Å². The van der Waals surface area contributed by atoms with Crippen LogP contribution >= 0.6 is 39.1 Å². The van der Waals surface area contributed by atoms with E-state index in [1.165, 1.54) is 0 Å². The van der Waals surface area contributed by atoms with E-state index in [1.54, 1.807) is 18.2 Å². The van der Waals surface area contributed by atoms with E-state index in [4.69, 9.17) is 27.9 Å². The van der Waals surface area contributed by atoms with Crippen molar-refractivity contribution in [2.24, 2.45) is 0 Å². The van der Waals surface area contributed by atoms with Crippen LogP contribution in [0, 0.1) is 0 Å². The zero-order valence-corrected chi connectivity index (χ0v) is 13.4. The highest BCUT2D eigenvalue weighted by atomic mass is 79.9. The summed E-state index contributed by atoms with van der Waals surface area (Å²) in [4.78, 5) is 8.45. The van der Waals surface area contributed by atoms with Crippen LogP contribution in [-0.4, -0.2) is 9.97 Å². The standard InChI is InChI=1S/C13H11BrCl2N2O/c1-7(2)13-17-11(16)6-12(18-13)19-10-4-3-8(14)5-9(10)15/h3-7H,1-2H3. The van der Waals surface area contributed by atoms with Crippen LogP contribution in [-0.2, 0) is 0 Å². The summed E-state index contributed by atoms with van der Waals surface area (Å²) in [6, 6.07) is 6.92. The van der Waals surface area contributed by atoms with Crippen molar-refractivity contribution < 1.29 is 4.74 Å². The number of aromatic nitrogens is 2. The fraction of sp³-hybridized carbons (Fsp3) is 0.231. The predicted octanol–water partition coefficient (Wildman–Crippen LogP) is 5.46. The number of hydrogen-bond acceptors (Lipinski definition) is 3. The molecule has 1 heterocycles. The van der Waals surface area contributed by atoms with Crippen molar-refractivity contribution in [3.05, 3.63) is 44.7 Å². The number of nitrogens with zero attached hydrogens (tertiary/aromatic N) is 2. The normalized spacial score (nSPS) is 10.8. The van der Waals surface area contributed by atoms with Crippen molar-refractivity contribution in [3.8, 4) is 11.6 Å². The largest absolute Gasteiger partial charge is 0.437 e. The molecule has 0 N–H and O–H groups in total. The highest BCUT2D eigenvalue weighted by Gasteiger charge is 2.10. The second-order valence-electron chi connectivity index (χ2n) is 4.22. The van der Waals surface area contributed by atoms with Gasteiger partial charge in [0.2, 0.25) is 5.88 Å². The molecule has 0 saturated carbocycles. The van der Waals surface area contributed by atoms with Crippen LogP contribution in [0.3, 0.4) is 0 Å². The van der Waals surface area contributed by atoms with Crippen molar-refractivity contribution in [2.75, 3.05) is 0 Å². The lowest BCUT2D eigenvalue weighted by atomic mass is 10.2. The Bertz CT molecular complexity index is 605. The average Bonchev–Trinajstić information content (AvgIpc) is 2.32. The Morgan fingerprint density at radius 2 is 1.89 bits per heavy atom. The molecule has 3 nitrogen and oxygen atoms in total. The summed E-state index contributed by atoms with van der Waals surface area (Å²) in [5.41, 5.74) is 0. The Morgan fingerprint density at radius 3 is 2.53 bits per heavy atom. The molecule has 1 aromatic heterocycles. The van der Waals surface area contributed by atoms with Gasteiger partial charge < -0.3 is 4.74 Å². The topological polar surface area (TPSA) is 35.0 Å². The lowest BCUT2D eigenvalue weighted by molar-refractivity contribution is 0.457. The van der Waals surface area contributed by atoms with E-state index in [-0.39, 0.29) is 5.92 Å². The van der Waals surface area contributed by atoms with Crippen molar-refractivity contribution in [2.45, 2.75) is 19.8 Å². The third kappa shape index (κ3) is 3.81. The van der Waals surface area contributed by atoms with Crippen molar-refractivity contribution >= 4 is 39.1 Å². The van der Waals surface area contributed by atoms with Crippen LogP contribution < -0.4 is 4.74 Å². The summed E-state index contributed by atoms with van der Waals surface area (Å²) in [5.74, 6) is 1.71. The fourth-order valence-corrected chi connectivity index (χ4v) is 2.29. The van der Waals surface area contributed by atoms with E-state index in [9.17, 15) is 0 Å². The minimum atomic E-state index is 0.168. The third-order valence-electron chi connectivity index (χ3n) is 2.31. The lowest BCUT2D eigenvalue weighted by Gasteiger charge is -2.10. The number of rotatable bonds is 3. The second kappa shape index (κ2) is 6.07. The summed E-state index contributed by atoms with van der Waals surface area (Å²) in [5, 5.41) is 0.845. The molecule has 100 valence electrons. The Balaban J connectivity index is 2.32. The maximum atomic E-state index is 6.09. The molecular weight excluding hydrogens is 351 g/mol. The van der Waals surface area contributed by atoms with Gasteiger partial charge in [-0.1, -0.05) is 53.0 Å². The van der Waals surface area contributed by atoms with Crippen LogP contribution in [0.5, 0.6) is 11.6 Å². The van der Waals surface area contributed by atoms with E-state index in [1.807, 2.05) is 19.9 Å². The molecular formula is C13H11BrCl2N2O. The zero-order chi connectivity index (χ0) is 14.0. The van der Waals surface area contributed by atoms with Crippen molar-refractivity contribution in [1.29, 1.82) is 0 Å². The molecule has 0 aliphatic carbocycles. The summed E-state index contributed by atoms with van der Waals surface area (Å²) in [6.07, 6.45) is 0. The van der Waals surface area contributed by atoms with Gasteiger partial charge in [-0.05, 0) is 18.2 Å². The highest BCUT2D eigenvalue weighted by molar-refractivity contribution is 9.10. The SMILES string of the molecule is CC(C)c1nc(Cl)cc(Oc2ccc(Br)cc2Cl)n1. The third-order valence-corrected chi connectivity index (χ3v) is 3.30. The zero-order valence-electron chi connectivity index (χ0n) is 10.3. The molecule has 2 aromatic rings. The molecule has 0 aliphatic rings. The predicted molar refractivity (Wildman–Crippen MR) is 80.4 cm³/mol. The molecule has 0 saturated heterocycles. The minimum Gasteiger partial charge on any atom is -0.437 e. The lowest BCUT2D eigenvalue weighted by Crippen LogP contribution is -1.99. The van der Waals surface area contributed by atoms with Crippen LogP contribution in [0.4, 0.5) is 0 Å². The first-order valence-electron chi connectivity index (χ1n) is 5.63. The highest BCUT2D eigenvalue weighted by Crippen LogP contribution is 2.31. The van der Waals surface area contributed by atoms with Gasteiger partial charge in [-0.15, -0.1) is 0 Å². The first-order valence-corrected chi connectivity index (χ1v) is 7.18. The molecule has 0 bridgehead atoms. The number of hydrogen-bond donors (Lipinski definition) is 0. The van der Waals surface area contributed by atoms with E-state index < -0.39 is 0 Å². The average molecular weight is 362 g/mol. The van der Waals surface area contributed by atoms with E-state index in [2.05, 4.69) is 25.9 Å². The quantitative estimate of drug-likeness (QED) is 0.680. The van der Waals surface area contributed by atoms with Gasteiger partial charge in [0.1, 0.15) is 16.7 Å². The summed E-state index contributed by atoms with van der Waals surface area (Å²) in [6.45, 7) is 3.98.